The molecule has 3 rings (SSSR count). The predicted octanol–water partition coefficient (Wildman–Crippen LogP) is 2.87. The first kappa shape index (κ1) is 15.2. The number of halogens is 2. The normalized spacial score (nSPS) is 17.7. The maximum atomic E-state index is 13.7. The molecule has 1 aromatic heterocycles. The first-order chi connectivity index (χ1) is 10.6. The van der Waals surface area contributed by atoms with E-state index in [2.05, 4.69) is 15.2 Å². The van der Waals surface area contributed by atoms with Crippen LogP contribution in [0.3, 0.4) is 0 Å². The molecule has 4 nitrogen and oxygen atoms in total. The zero-order chi connectivity index (χ0) is 15.5. The lowest BCUT2D eigenvalue weighted by molar-refractivity contribution is -0.121. The van der Waals surface area contributed by atoms with Crippen molar-refractivity contribution in [2.75, 3.05) is 18.0 Å². The third kappa shape index (κ3) is 3.39. The second-order valence-electron chi connectivity index (χ2n) is 5.19. The van der Waals surface area contributed by atoms with Crippen LogP contribution in [-0.4, -0.2) is 30.0 Å². The number of carbonyl (C=O) groups excluding carboxylic acids is 1. The van der Waals surface area contributed by atoms with Crippen LogP contribution in [0, 0.1) is 5.82 Å². The summed E-state index contributed by atoms with van der Waals surface area (Å²) < 4.78 is 13.7. The number of rotatable bonds is 4. The van der Waals surface area contributed by atoms with Gasteiger partial charge in [0.15, 0.2) is 5.13 Å². The standard InChI is InChI=1S/C15H15ClFN3OS/c16-12-2-1-3-13(17)11(12)8-14(21)19-10-4-6-20(9-10)15-18-5-7-22-15/h1-3,5,7,10H,4,6,8-9H2,(H,19,21). The van der Waals surface area contributed by atoms with Crippen LogP contribution >= 0.6 is 22.9 Å². The maximum Gasteiger partial charge on any atom is 0.224 e. The number of nitrogens with zero attached hydrogens (tertiary/aromatic N) is 2. The van der Waals surface area contributed by atoms with Crippen LogP contribution in [0.1, 0.15) is 12.0 Å². The molecule has 22 heavy (non-hydrogen) atoms. The fourth-order valence-corrected chi connectivity index (χ4v) is 3.47. The van der Waals surface area contributed by atoms with Crippen molar-refractivity contribution in [1.82, 2.24) is 10.3 Å². The first-order valence-corrected chi connectivity index (χ1v) is 8.26. The highest BCUT2D eigenvalue weighted by Gasteiger charge is 2.25. The van der Waals surface area contributed by atoms with E-state index in [4.69, 9.17) is 11.6 Å². The summed E-state index contributed by atoms with van der Waals surface area (Å²) in [5, 5.41) is 6.13. The quantitative estimate of drug-likeness (QED) is 0.931. The van der Waals surface area contributed by atoms with Gasteiger partial charge in [-0.2, -0.15) is 0 Å². The Morgan fingerprint density at radius 2 is 2.41 bits per heavy atom. The SMILES string of the molecule is O=C(Cc1c(F)cccc1Cl)NC1CCN(c2nccs2)C1. The maximum absolute atomic E-state index is 13.7. The second-order valence-corrected chi connectivity index (χ2v) is 6.47. The molecule has 1 aromatic carbocycles. The Morgan fingerprint density at radius 3 is 3.14 bits per heavy atom. The molecule has 116 valence electrons. The van der Waals surface area contributed by atoms with Gasteiger partial charge in [0.1, 0.15) is 5.82 Å². The molecule has 1 fully saturated rings. The molecule has 0 radical (unpaired) electrons. The first-order valence-electron chi connectivity index (χ1n) is 7.00. The third-order valence-electron chi connectivity index (χ3n) is 3.64. The molecule has 1 amide bonds. The summed E-state index contributed by atoms with van der Waals surface area (Å²) >= 11 is 7.53. The molecule has 0 saturated carbocycles. The van der Waals surface area contributed by atoms with Gasteiger partial charge in [-0.1, -0.05) is 17.7 Å². The van der Waals surface area contributed by atoms with Crippen molar-refractivity contribution in [2.45, 2.75) is 18.9 Å². The van der Waals surface area contributed by atoms with Gasteiger partial charge in [0.2, 0.25) is 5.91 Å². The van der Waals surface area contributed by atoms with E-state index in [9.17, 15) is 9.18 Å². The van der Waals surface area contributed by atoms with Gasteiger partial charge in [-0.25, -0.2) is 9.37 Å². The molecule has 2 heterocycles. The van der Waals surface area contributed by atoms with E-state index in [1.54, 1.807) is 23.6 Å². The number of carbonyl (C=O) groups is 1. The van der Waals surface area contributed by atoms with Gasteiger partial charge >= 0.3 is 0 Å². The molecule has 7 heteroatoms. The molecule has 1 aliphatic rings. The van der Waals surface area contributed by atoms with E-state index in [1.165, 1.54) is 12.1 Å². The van der Waals surface area contributed by atoms with E-state index < -0.39 is 5.82 Å². The predicted molar refractivity (Wildman–Crippen MR) is 86.0 cm³/mol. The molecular weight excluding hydrogens is 325 g/mol. The number of anilines is 1. The van der Waals surface area contributed by atoms with Crippen molar-refractivity contribution in [1.29, 1.82) is 0 Å². The van der Waals surface area contributed by atoms with Crippen LogP contribution in [0.25, 0.3) is 0 Å². The fraction of sp³-hybridized carbons (Fsp3) is 0.333. The molecule has 1 atom stereocenters. The molecule has 0 spiro atoms. The Morgan fingerprint density at radius 1 is 1.55 bits per heavy atom. The molecule has 0 aliphatic carbocycles. The second kappa shape index (κ2) is 6.62. The fourth-order valence-electron chi connectivity index (χ4n) is 2.56. The highest BCUT2D eigenvalue weighted by molar-refractivity contribution is 7.13. The number of hydrogen-bond acceptors (Lipinski definition) is 4. The van der Waals surface area contributed by atoms with Crippen molar-refractivity contribution in [2.24, 2.45) is 0 Å². The van der Waals surface area contributed by atoms with Gasteiger partial charge in [-0.3, -0.25) is 4.79 Å². The van der Waals surface area contributed by atoms with Gasteiger partial charge in [0.05, 0.1) is 6.42 Å². The van der Waals surface area contributed by atoms with E-state index in [1.807, 2.05) is 5.38 Å². The van der Waals surface area contributed by atoms with Crippen molar-refractivity contribution >= 4 is 34.0 Å². The lowest BCUT2D eigenvalue weighted by atomic mass is 10.1. The van der Waals surface area contributed by atoms with Crippen LogP contribution < -0.4 is 10.2 Å². The average molecular weight is 340 g/mol. The van der Waals surface area contributed by atoms with Gasteiger partial charge < -0.3 is 10.2 Å². The summed E-state index contributed by atoms with van der Waals surface area (Å²) in [6.07, 6.45) is 2.58. The molecular formula is C15H15ClFN3OS. The van der Waals surface area contributed by atoms with Gasteiger partial charge in [0.25, 0.3) is 0 Å². The summed E-state index contributed by atoms with van der Waals surface area (Å²) in [6, 6.07) is 4.49. The van der Waals surface area contributed by atoms with Crippen LogP contribution in [0.15, 0.2) is 29.8 Å². The van der Waals surface area contributed by atoms with Gasteiger partial charge in [-0.15, -0.1) is 11.3 Å². The molecule has 0 bridgehead atoms. The zero-order valence-corrected chi connectivity index (χ0v) is 13.3. The van der Waals surface area contributed by atoms with Crippen molar-refractivity contribution in [3.63, 3.8) is 0 Å². The minimum absolute atomic E-state index is 0.0424. The Labute approximate surface area is 136 Å². The van der Waals surface area contributed by atoms with E-state index in [-0.39, 0.29) is 29.0 Å². The lowest BCUT2D eigenvalue weighted by Gasteiger charge is -2.16. The highest BCUT2D eigenvalue weighted by Crippen LogP contribution is 2.23. The van der Waals surface area contributed by atoms with Crippen molar-refractivity contribution in [3.05, 3.63) is 46.2 Å². The summed E-state index contributed by atoms with van der Waals surface area (Å²) in [6.45, 7) is 1.59. The number of nitrogens with one attached hydrogen (secondary N) is 1. The van der Waals surface area contributed by atoms with Crippen LogP contribution in [-0.2, 0) is 11.2 Å². The van der Waals surface area contributed by atoms with Gasteiger partial charge in [-0.05, 0) is 18.6 Å². The summed E-state index contributed by atoms with van der Waals surface area (Å²) in [7, 11) is 0. The summed E-state index contributed by atoms with van der Waals surface area (Å²) in [5.41, 5.74) is 0.247. The smallest absolute Gasteiger partial charge is 0.224 e. The van der Waals surface area contributed by atoms with Crippen LogP contribution in [0.5, 0.6) is 0 Å². The van der Waals surface area contributed by atoms with Crippen molar-refractivity contribution in [3.8, 4) is 0 Å². The highest BCUT2D eigenvalue weighted by atomic mass is 35.5. The number of hydrogen-bond donors (Lipinski definition) is 1. The Balaban J connectivity index is 1.57. The molecule has 1 N–H and O–H groups in total. The molecule has 1 saturated heterocycles. The zero-order valence-electron chi connectivity index (χ0n) is 11.8. The largest absolute Gasteiger partial charge is 0.351 e. The Bertz CT molecular complexity index is 645. The van der Waals surface area contributed by atoms with E-state index >= 15 is 0 Å². The molecule has 1 aliphatic heterocycles. The topological polar surface area (TPSA) is 45.2 Å². The number of thiazole rings is 1. The third-order valence-corrected chi connectivity index (χ3v) is 4.83. The monoisotopic (exact) mass is 339 g/mol. The number of amides is 1. The van der Waals surface area contributed by atoms with E-state index in [0.29, 0.717) is 0 Å². The minimum atomic E-state index is -0.446. The van der Waals surface area contributed by atoms with Gasteiger partial charge in [0, 0.05) is 41.3 Å². The minimum Gasteiger partial charge on any atom is -0.351 e. The van der Waals surface area contributed by atoms with Crippen molar-refractivity contribution < 1.29 is 9.18 Å². The van der Waals surface area contributed by atoms with E-state index in [0.717, 1.165) is 24.6 Å². The Hall–Kier alpha value is -1.66. The Kier molecular flexibility index (Phi) is 4.59. The van der Waals surface area contributed by atoms with Crippen LogP contribution in [0.2, 0.25) is 5.02 Å². The molecule has 1 unspecified atom stereocenters. The van der Waals surface area contributed by atoms with Crippen LogP contribution in [0.4, 0.5) is 9.52 Å². The number of aromatic nitrogens is 1. The molecule has 2 aromatic rings. The average Bonchev–Trinajstić information content (AvgIpc) is 3.13. The number of benzene rings is 1. The lowest BCUT2D eigenvalue weighted by Crippen LogP contribution is -2.38. The summed E-state index contributed by atoms with van der Waals surface area (Å²) in [4.78, 5) is 18.5. The summed E-state index contributed by atoms with van der Waals surface area (Å²) in [5.74, 6) is -0.656.